The SMILES string of the molecule is CC.[CH2-][NH+]1CCN[C@@H](C)C1. The molecule has 0 aliphatic carbocycles. The van der Waals surface area contributed by atoms with Crippen LogP contribution in [-0.4, -0.2) is 25.7 Å². The van der Waals surface area contributed by atoms with Crippen molar-refractivity contribution < 1.29 is 4.90 Å². The largest absolute Gasteiger partial charge is 0.466 e. The Kier molecular flexibility index (Phi) is 5.64. The van der Waals surface area contributed by atoms with E-state index in [1.807, 2.05) is 13.8 Å². The smallest absolute Gasteiger partial charge is 0.0684 e. The van der Waals surface area contributed by atoms with Crippen LogP contribution in [0.3, 0.4) is 0 Å². The van der Waals surface area contributed by atoms with Gasteiger partial charge in [0, 0.05) is 6.54 Å². The van der Waals surface area contributed by atoms with Crippen LogP contribution < -0.4 is 10.2 Å². The summed E-state index contributed by atoms with van der Waals surface area (Å²) in [6, 6.07) is 0.663. The van der Waals surface area contributed by atoms with Crippen molar-refractivity contribution in [2.45, 2.75) is 26.8 Å². The summed E-state index contributed by atoms with van der Waals surface area (Å²) >= 11 is 0. The summed E-state index contributed by atoms with van der Waals surface area (Å²) in [4.78, 5) is 1.40. The zero-order chi connectivity index (χ0) is 7.98. The van der Waals surface area contributed by atoms with Gasteiger partial charge in [-0.2, -0.15) is 7.05 Å². The Balaban J connectivity index is 0.000000371. The molecular weight excluding hydrogens is 124 g/mol. The summed E-state index contributed by atoms with van der Waals surface area (Å²) in [6.45, 7) is 9.66. The van der Waals surface area contributed by atoms with Crippen molar-refractivity contribution >= 4 is 0 Å². The quantitative estimate of drug-likeness (QED) is 0.446. The van der Waals surface area contributed by atoms with Gasteiger partial charge in [-0.3, -0.25) is 0 Å². The summed E-state index contributed by atoms with van der Waals surface area (Å²) in [7, 11) is 3.92. The van der Waals surface area contributed by atoms with Crippen LogP contribution >= 0.6 is 0 Å². The van der Waals surface area contributed by atoms with Gasteiger partial charge >= 0.3 is 0 Å². The van der Waals surface area contributed by atoms with Gasteiger partial charge in [-0.15, -0.1) is 0 Å². The Morgan fingerprint density at radius 3 is 2.40 bits per heavy atom. The minimum atomic E-state index is 0.663. The molecule has 1 aliphatic rings. The second kappa shape index (κ2) is 5.69. The molecular formula is C8H20N2. The maximum Gasteiger partial charge on any atom is 0.0684 e. The molecule has 0 saturated carbocycles. The molecule has 10 heavy (non-hydrogen) atoms. The van der Waals surface area contributed by atoms with Gasteiger partial charge in [0.1, 0.15) is 0 Å². The van der Waals surface area contributed by atoms with Crippen molar-refractivity contribution in [3.05, 3.63) is 7.05 Å². The van der Waals surface area contributed by atoms with Crippen LogP contribution in [0.25, 0.3) is 0 Å². The van der Waals surface area contributed by atoms with E-state index in [2.05, 4.69) is 19.3 Å². The molecule has 0 aromatic carbocycles. The van der Waals surface area contributed by atoms with Gasteiger partial charge in [0.05, 0.1) is 19.1 Å². The zero-order valence-corrected chi connectivity index (χ0v) is 7.41. The summed E-state index contributed by atoms with van der Waals surface area (Å²) in [5.74, 6) is 0. The molecule has 0 aromatic heterocycles. The van der Waals surface area contributed by atoms with Crippen LogP contribution in [0.4, 0.5) is 0 Å². The molecule has 0 bridgehead atoms. The highest BCUT2D eigenvalue weighted by molar-refractivity contribution is 4.61. The Bertz CT molecular complexity index is 65.7. The van der Waals surface area contributed by atoms with Crippen molar-refractivity contribution in [2.75, 3.05) is 19.6 Å². The predicted octanol–water partition coefficient (Wildman–Crippen LogP) is -0.319. The van der Waals surface area contributed by atoms with E-state index in [4.69, 9.17) is 0 Å². The summed E-state index contributed by atoms with van der Waals surface area (Å²) in [5.41, 5.74) is 0. The summed E-state index contributed by atoms with van der Waals surface area (Å²) in [5, 5.41) is 3.35. The molecule has 2 N–H and O–H groups in total. The van der Waals surface area contributed by atoms with Crippen LogP contribution in [0.5, 0.6) is 0 Å². The van der Waals surface area contributed by atoms with Gasteiger partial charge in [0.25, 0.3) is 0 Å². The van der Waals surface area contributed by atoms with Gasteiger partial charge in [-0.1, -0.05) is 13.8 Å². The fraction of sp³-hybridized carbons (Fsp3) is 0.875. The van der Waals surface area contributed by atoms with E-state index in [-0.39, 0.29) is 0 Å². The Labute approximate surface area is 64.6 Å². The number of hydrogen-bond donors (Lipinski definition) is 2. The third kappa shape index (κ3) is 3.85. The molecule has 0 spiro atoms. The molecule has 1 unspecified atom stereocenters. The van der Waals surface area contributed by atoms with E-state index in [1.165, 1.54) is 18.0 Å². The molecule has 0 radical (unpaired) electrons. The van der Waals surface area contributed by atoms with E-state index in [0.29, 0.717) is 6.04 Å². The molecule has 1 aliphatic heterocycles. The maximum absolute atomic E-state index is 3.92. The minimum Gasteiger partial charge on any atom is -0.466 e. The highest BCUT2D eigenvalue weighted by atomic mass is 15.2. The second-order valence-electron chi connectivity index (χ2n) is 2.56. The lowest BCUT2D eigenvalue weighted by Gasteiger charge is -2.30. The summed E-state index contributed by atoms with van der Waals surface area (Å²) < 4.78 is 0. The molecule has 62 valence electrons. The van der Waals surface area contributed by atoms with Crippen LogP contribution in [0.1, 0.15) is 20.8 Å². The fourth-order valence-electron chi connectivity index (χ4n) is 1.10. The lowest BCUT2D eigenvalue weighted by Crippen LogP contribution is -3.10. The molecule has 1 saturated heterocycles. The minimum absolute atomic E-state index is 0.663. The number of nitrogens with one attached hydrogen (secondary N) is 2. The Morgan fingerprint density at radius 1 is 1.50 bits per heavy atom. The van der Waals surface area contributed by atoms with Gasteiger partial charge in [0.2, 0.25) is 0 Å². The molecule has 0 amide bonds. The molecule has 0 aromatic rings. The van der Waals surface area contributed by atoms with E-state index >= 15 is 0 Å². The molecule has 1 heterocycles. The Morgan fingerprint density at radius 2 is 2.10 bits per heavy atom. The van der Waals surface area contributed by atoms with Gasteiger partial charge in [-0.05, 0) is 6.92 Å². The van der Waals surface area contributed by atoms with Gasteiger partial charge < -0.3 is 10.2 Å². The second-order valence-corrected chi connectivity index (χ2v) is 2.56. The topological polar surface area (TPSA) is 16.5 Å². The van der Waals surface area contributed by atoms with Gasteiger partial charge in [0.15, 0.2) is 0 Å². The zero-order valence-electron chi connectivity index (χ0n) is 7.41. The third-order valence-corrected chi connectivity index (χ3v) is 1.57. The average molecular weight is 144 g/mol. The summed E-state index contributed by atoms with van der Waals surface area (Å²) in [6.07, 6.45) is 0. The highest BCUT2D eigenvalue weighted by Crippen LogP contribution is 1.76. The van der Waals surface area contributed by atoms with E-state index in [1.54, 1.807) is 0 Å². The standard InChI is InChI=1S/C6H14N2.C2H6/c1-6-5-8(2)4-3-7-6;1-2/h6-8H,2-5H2,1H3;1-2H3/t6-;/m0./s1. The first kappa shape index (κ1) is 9.92. The van der Waals surface area contributed by atoms with Crippen molar-refractivity contribution in [3.8, 4) is 0 Å². The van der Waals surface area contributed by atoms with Crippen LogP contribution in [0.2, 0.25) is 0 Å². The maximum atomic E-state index is 3.92. The van der Waals surface area contributed by atoms with E-state index in [9.17, 15) is 0 Å². The van der Waals surface area contributed by atoms with E-state index < -0.39 is 0 Å². The van der Waals surface area contributed by atoms with Crippen molar-refractivity contribution in [3.63, 3.8) is 0 Å². The van der Waals surface area contributed by atoms with Crippen molar-refractivity contribution in [1.82, 2.24) is 5.32 Å². The molecule has 1 rings (SSSR count). The van der Waals surface area contributed by atoms with Crippen molar-refractivity contribution in [1.29, 1.82) is 0 Å². The number of quaternary nitrogens is 1. The molecule has 2 atom stereocenters. The molecule has 1 fully saturated rings. The molecule has 2 heteroatoms. The van der Waals surface area contributed by atoms with Gasteiger partial charge in [-0.25, -0.2) is 0 Å². The first-order chi connectivity index (χ1) is 4.79. The first-order valence-electron chi connectivity index (χ1n) is 4.19. The monoisotopic (exact) mass is 144 g/mol. The number of piperazine rings is 1. The number of rotatable bonds is 0. The third-order valence-electron chi connectivity index (χ3n) is 1.57. The predicted molar refractivity (Wildman–Crippen MR) is 44.9 cm³/mol. The van der Waals surface area contributed by atoms with E-state index in [0.717, 1.165) is 6.54 Å². The first-order valence-corrected chi connectivity index (χ1v) is 4.19. The fourth-order valence-corrected chi connectivity index (χ4v) is 1.10. The average Bonchev–Trinajstić information content (AvgIpc) is 1.91. The lowest BCUT2D eigenvalue weighted by molar-refractivity contribution is -0.858. The van der Waals surface area contributed by atoms with Crippen molar-refractivity contribution in [2.24, 2.45) is 0 Å². The van der Waals surface area contributed by atoms with Crippen LogP contribution in [-0.2, 0) is 0 Å². The van der Waals surface area contributed by atoms with Crippen LogP contribution in [0, 0.1) is 7.05 Å². The molecule has 2 nitrogen and oxygen atoms in total. The van der Waals surface area contributed by atoms with Crippen LogP contribution in [0.15, 0.2) is 0 Å². The lowest BCUT2D eigenvalue weighted by atomic mass is 10.2. The normalized spacial score (nSPS) is 32.4. The number of hydrogen-bond acceptors (Lipinski definition) is 1. The highest BCUT2D eigenvalue weighted by Gasteiger charge is 2.09. The Hall–Kier alpha value is -0.0800.